The van der Waals surface area contributed by atoms with E-state index in [9.17, 15) is 9.36 Å². The number of aromatic amines is 1. The number of aryl methyl sites for hydroxylation is 2. The van der Waals surface area contributed by atoms with Crippen molar-refractivity contribution in [2.45, 2.75) is 13.8 Å². The average Bonchev–Trinajstić information content (AvgIpc) is 2.94. The van der Waals surface area contributed by atoms with Crippen LogP contribution >= 0.6 is 7.37 Å². The average molecular weight is 342 g/mol. The number of aromatic nitrogens is 1. The normalized spacial score (nSPS) is 13.8. The smallest absolute Gasteiger partial charge is 0.266 e. The first-order chi connectivity index (χ1) is 11.4. The van der Waals surface area contributed by atoms with Gasteiger partial charge in [0.15, 0.2) is 0 Å². The minimum Gasteiger partial charge on any atom is -0.364 e. The highest BCUT2D eigenvalue weighted by atomic mass is 31.2. The van der Waals surface area contributed by atoms with Crippen molar-refractivity contribution in [3.8, 4) is 0 Å². The number of fused-ring (bicyclic) bond motifs is 1. The third kappa shape index (κ3) is 2.56. The van der Waals surface area contributed by atoms with Gasteiger partial charge in [-0.2, -0.15) is 0 Å². The van der Waals surface area contributed by atoms with E-state index in [0.29, 0.717) is 21.5 Å². The van der Waals surface area contributed by atoms with Crippen molar-refractivity contribution in [2.75, 3.05) is 7.11 Å². The lowest BCUT2D eigenvalue weighted by Gasteiger charge is -2.17. The Labute approximate surface area is 140 Å². The van der Waals surface area contributed by atoms with Crippen LogP contribution in [-0.2, 0) is 9.09 Å². The summed E-state index contributed by atoms with van der Waals surface area (Å²) in [6.45, 7) is 3.88. The molecule has 5 nitrogen and oxygen atoms in total. The van der Waals surface area contributed by atoms with Gasteiger partial charge in [0.25, 0.3) is 13.3 Å². The molecular formula is C18H19N2O3P. The molecule has 0 saturated heterocycles. The molecule has 0 fully saturated rings. The molecule has 124 valence electrons. The van der Waals surface area contributed by atoms with Gasteiger partial charge in [-0.1, -0.05) is 29.3 Å². The van der Waals surface area contributed by atoms with Crippen molar-refractivity contribution < 1.29 is 13.9 Å². The molecule has 0 radical (unpaired) electrons. The van der Waals surface area contributed by atoms with Crippen LogP contribution in [0.3, 0.4) is 0 Å². The summed E-state index contributed by atoms with van der Waals surface area (Å²) >= 11 is 0. The molecule has 1 unspecified atom stereocenters. The molecule has 0 aliphatic rings. The Morgan fingerprint density at radius 2 is 1.71 bits per heavy atom. The van der Waals surface area contributed by atoms with Crippen LogP contribution in [0.2, 0.25) is 0 Å². The number of primary amides is 1. The van der Waals surface area contributed by atoms with E-state index in [1.165, 1.54) is 7.11 Å². The van der Waals surface area contributed by atoms with Gasteiger partial charge >= 0.3 is 0 Å². The number of carbonyl (C=O) groups is 1. The molecule has 6 heteroatoms. The van der Waals surface area contributed by atoms with Crippen molar-refractivity contribution in [2.24, 2.45) is 5.73 Å². The number of H-pyrrole nitrogens is 1. The lowest BCUT2D eigenvalue weighted by Crippen LogP contribution is -2.25. The van der Waals surface area contributed by atoms with Gasteiger partial charge in [0.1, 0.15) is 5.69 Å². The maximum Gasteiger partial charge on any atom is 0.266 e. The second kappa shape index (κ2) is 5.93. The second-order valence-corrected chi connectivity index (χ2v) is 8.26. The highest BCUT2D eigenvalue weighted by Crippen LogP contribution is 2.47. The van der Waals surface area contributed by atoms with E-state index >= 15 is 0 Å². The quantitative estimate of drug-likeness (QED) is 0.715. The van der Waals surface area contributed by atoms with Gasteiger partial charge in [-0.3, -0.25) is 9.36 Å². The summed E-state index contributed by atoms with van der Waals surface area (Å²) < 4.78 is 19.2. The monoisotopic (exact) mass is 342 g/mol. The molecule has 0 aliphatic heterocycles. The van der Waals surface area contributed by atoms with Crippen LogP contribution in [0.4, 0.5) is 0 Å². The summed E-state index contributed by atoms with van der Waals surface area (Å²) in [6.07, 6.45) is 0. The topological polar surface area (TPSA) is 85.2 Å². The van der Waals surface area contributed by atoms with E-state index in [2.05, 4.69) is 4.98 Å². The minimum atomic E-state index is -3.47. The number of nitrogens with one attached hydrogen (secondary N) is 1. The SMILES string of the molecule is COP(=O)(c1ccc(C)cc1)c1c(C(N)=O)[nH]c2ccc(C)cc12. The molecule has 1 aromatic heterocycles. The predicted molar refractivity (Wildman–Crippen MR) is 96.6 cm³/mol. The lowest BCUT2D eigenvalue weighted by molar-refractivity contribution is 0.0997. The van der Waals surface area contributed by atoms with E-state index in [1.807, 2.05) is 44.2 Å². The third-order valence-electron chi connectivity index (χ3n) is 4.10. The van der Waals surface area contributed by atoms with Gasteiger partial charge in [-0.15, -0.1) is 0 Å². The number of nitrogens with two attached hydrogens (primary N) is 1. The molecule has 24 heavy (non-hydrogen) atoms. The zero-order valence-electron chi connectivity index (χ0n) is 13.8. The molecule has 3 aromatic rings. The van der Waals surface area contributed by atoms with E-state index < -0.39 is 13.3 Å². The standard InChI is InChI=1S/C18H19N2O3P/c1-11-4-7-13(8-5-11)24(22,23-3)17-14-10-12(2)6-9-15(14)20-16(17)18(19)21/h4-10,20H,1-3H3,(H2,19,21). The minimum absolute atomic E-state index is 0.126. The van der Waals surface area contributed by atoms with Crippen molar-refractivity contribution in [3.05, 3.63) is 59.3 Å². The molecule has 1 heterocycles. The van der Waals surface area contributed by atoms with Crippen LogP contribution in [0.5, 0.6) is 0 Å². The van der Waals surface area contributed by atoms with Crippen LogP contribution < -0.4 is 16.3 Å². The Hall–Kier alpha value is -2.36. The molecule has 0 spiro atoms. The molecule has 3 N–H and O–H groups in total. The molecule has 0 bridgehead atoms. The maximum atomic E-state index is 13.8. The van der Waals surface area contributed by atoms with E-state index in [4.69, 9.17) is 10.3 Å². The van der Waals surface area contributed by atoms with Crippen molar-refractivity contribution in [1.82, 2.24) is 4.98 Å². The lowest BCUT2D eigenvalue weighted by atomic mass is 10.2. The fraction of sp³-hybridized carbons (Fsp3) is 0.167. The largest absolute Gasteiger partial charge is 0.364 e. The molecule has 0 saturated carbocycles. The van der Waals surface area contributed by atoms with E-state index in [0.717, 1.165) is 11.1 Å². The summed E-state index contributed by atoms with van der Waals surface area (Å²) in [5.74, 6) is -0.664. The van der Waals surface area contributed by atoms with Crippen LogP contribution in [0, 0.1) is 13.8 Å². The fourth-order valence-corrected chi connectivity index (χ4v) is 5.00. The van der Waals surface area contributed by atoms with Crippen LogP contribution in [0.25, 0.3) is 10.9 Å². The highest BCUT2D eigenvalue weighted by molar-refractivity contribution is 7.75. The first-order valence-electron chi connectivity index (χ1n) is 7.52. The Bertz CT molecular complexity index is 974. The summed E-state index contributed by atoms with van der Waals surface area (Å²) in [6, 6.07) is 12.9. The van der Waals surface area contributed by atoms with E-state index in [1.54, 1.807) is 12.1 Å². The molecule has 1 atom stereocenters. The van der Waals surface area contributed by atoms with E-state index in [-0.39, 0.29) is 5.69 Å². The van der Waals surface area contributed by atoms with Crippen molar-refractivity contribution in [3.63, 3.8) is 0 Å². The molecular weight excluding hydrogens is 323 g/mol. The first kappa shape index (κ1) is 16.5. The Morgan fingerprint density at radius 1 is 1.08 bits per heavy atom. The van der Waals surface area contributed by atoms with Gasteiger partial charge in [-0.05, 0) is 38.1 Å². The fourth-order valence-electron chi connectivity index (χ4n) is 2.84. The van der Waals surface area contributed by atoms with Gasteiger partial charge in [-0.25, -0.2) is 0 Å². The van der Waals surface area contributed by atoms with Gasteiger partial charge in [0, 0.05) is 23.3 Å². The number of amides is 1. The summed E-state index contributed by atoms with van der Waals surface area (Å²) in [5.41, 5.74) is 8.39. The van der Waals surface area contributed by atoms with Crippen LogP contribution in [-0.4, -0.2) is 18.0 Å². The maximum absolute atomic E-state index is 13.8. The Balaban J connectivity index is 2.38. The second-order valence-electron chi connectivity index (χ2n) is 5.83. The molecule has 0 aliphatic carbocycles. The van der Waals surface area contributed by atoms with Crippen molar-refractivity contribution >= 4 is 34.8 Å². The third-order valence-corrected chi connectivity index (χ3v) is 6.64. The van der Waals surface area contributed by atoms with Gasteiger partial charge in [0.2, 0.25) is 0 Å². The highest BCUT2D eigenvalue weighted by Gasteiger charge is 2.35. The van der Waals surface area contributed by atoms with Gasteiger partial charge in [0.05, 0.1) is 5.30 Å². The van der Waals surface area contributed by atoms with Crippen LogP contribution in [0.1, 0.15) is 21.6 Å². The summed E-state index contributed by atoms with van der Waals surface area (Å²) in [4.78, 5) is 14.9. The summed E-state index contributed by atoms with van der Waals surface area (Å²) in [7, 11) is -2.08. The number of hydrogen-bond acceptors (Lipinski definition) is 3. The van der Waals surface area contributed by atoms with Crippen LogP contribution in [0.15, 0.2) is 42.5 Å². The summed E-state index contributed by atoms with van der Waals surface area (Å²) in [5, 5.41) is 1.55. The predicted octanol–water partition coefficient (Wildman–Crippen LogP) is 2.76. The molecule has 3 rings (SSSR count). The van der Waals surface area contributed by atoms with Crippen molar-refractivity contribution in [1.29, 1.82) is 0 Å². The van der Waals surface area contributed by atoms with Gasteiger partial charge < -0.3 is 15.2 Å². The molecule has 1 amide bonds. The zero-order valence-corrected chi connectivity index (χ0v) is 14.7. The number of carbonyl (C=O) groups excluding carboxylic acids is 1. The number of hydrogen-bond donors (Lipinski definition) is 2. The Morgan fingerprint density at radius 3 is 2.29 bits per heavy atom. The Kier molecular flexibility index (Phi) is 4.08. The zero-order chi connectivity index (χ0) is 17.5. The number of benzene rings is 2. The number of rotatable bonds is 4. The molecule has 2 aromatic carbocycles. The first-order valence-corrected chi connectivity index (χ1v) is 9.15.